The summed E-state index contributed by atoms with van der Waals surface area (Å²) in [5.41, 5.74) is 2.80. The third-order valence-corrected chi connectivity index (χ3v) is 4.59. The lowest BCUT2D eigenvalue weighted by atomic mass is 10.0. The molecule has 0 aromatic heterocycles. The normalized spacial score (nSPS) is 13.1. The van der Waals surface area contributed by atoms with E-state index in [0.717, 1.165) is 37.3 Å². The van der Waals surface area contributed by atoms with Gasteiger partial charge >= 0.3 is 0 Å². The largest absolute Gasteiger partial charge is 0.507 e. The number of phenols is 1. The molecule has 1 saturated heterocycles. The Balaban J connectivity index is 0.000000343. The van der Waals surface area contributed by atoms with E-state index < -0.39 is 0 Å². The first-order valence-corrected chi connectivity index (χ1v) is 9.86. The van der Waals surface area contributed by atoms with Crippen LogP contribution in [0, 0.1) is 0 Å². The maximum absolute atomic E-state index is 12.4. The molecule has 0 spiro atoms. The van der Waals surface area contributed by atoms with Crippen molar-refractivity contribution < 1.29 is 9.90 Å². The number of phenolic OH excluding ortho intramolecular Hbond substituents is 1. The molecular weight excluding hydrogens is 362 g/mol. The number of piperazine rings is 1. The van der Waals surface area contributed by atoms with Crippen molar-refractivity contribution in [3.63, 3.8) is 0 Å². The average molecular weight is 389 g/mol. The zero-order chi connectivity index (χ0) is 20.3. The number of carbonyl (C=O) groups is 1. The van der Waals surface area contributed by atoms with Gasteiger partial charge in [0.15, 0.2) is 0 Å². The maximum Gasteiger partial charge on any atom is 0.259 e. The molecule has 1 aliphatic rings. The van der Waals surface area contributed by atoms with Crippen LogP contribution in [-0.4, -0.2) is 37.2 Å². The molecule has 3 aromatic rings. The van der Waals surface area contributed by atoms with E-state index in [4.69, 9.17) is 0 Å². The molecule has 3 aromatic carbocycles. The number of benzene rings is 3. The number of rotatable bonds is 4. The van der Waals surface area contributed by atoms with Gasteiger partial charge in [0.2, 0.25) is 0 Å². The minimum absolute atomic E-state index is 0.0322. The van der Waals surface area contributed by atoms with Gasteiger partial charge in [-0.25, -0.2) is 0 Å². The summed E-state index contributed by atoms with van der Waals surface area (Å²) < 4.78 is 0. The molecule has 1 fully saturated rings. The van der Waals surface area contributed by atoms with Gasteiger partial charge < -0.3 is 21.1 Å². The molecule has 0 aliphatic carbocycles. The van der Waals surface area contributed by atoms with Gasteiger partial charge in [0.1, 0.15) is 5.75 Å². The van der Waals surface area contributed by atoms with Gasteiger partial charge in [-0.1, -0.05) is 60.7 Å². The second-order valence-corrected chi connectivity index (χ2v) is 6.80. The molecule has 29 heavy (non-hydrogen) atoms. The average Bonchev–Trinajstić information content (AvgIpc) is 2.78. The van der Waals surface area contributed by atoms with Gasteiger partial charge in [0.25, 0.3) is 5.91 Å². The first-order chi connectivity index (χ1) is 14.2. The quantitative estimate of drug-likeness (QED) is 0.552. The van der Waals surface area contributed by atoms with Crippen molar-refractivity contribution in [3.8, 4) is 5.75 Å². The van der Waals surface area contributed by atoms with Crippen molar-refractivity contribution in [2.24, 2.45) is 0 Å². The molecule has 1 aliphatic heterocycles. The lowest BCUT2D eigenvalue weighted by molar-refractivity contribution is 0.102. The van der Waals surface area contributed by atoms with Crippen LogP contribution in [0.25, 0.3) is 0 Å². The van der Waals surface area contributed by atoms with Crippen LogP contribution in [0.1, 0.15) is 21.5 Å². The third-order valence-electron chi connectivity index (χ3n) is 4.59. The number of amides is 1. The first-order valence-electron chi connectivity index (χ1n) is 9.86. The van der Waals surface area contributed by atoms with Crippen LogP contribution in [0.3, 0.4) is 0 Å². The van der Waals surface area contributed by atoms with Crippen molar-refractivity contribution in [3.05, 3.63) is 95.6 Å². The van der Waals surface area contributed by atoms with Crippen molar-refractivity contribution in [2.75, 3.05) is 31.5 Å². The highest BCUT2D eigenvalue weighted by atomic mass is 16.3. The molecule has 0 unspecified atom stereocenters. The molecule has 1 heterocycles. The Labute approximate surface area is 171 Å². The van der Waals surface area contributed by atoms with Crippen molar-refractivity contribution in [2.45, 2.75) is 6.42 Å². The van der Waals surface area contributed by atoms with E-state index in [2.05, 4.69) is 16.0 Å². The summed E-state index contributed by atoms with van der Waals surface area (Å²) in [6, 6.07) is 24.3. The van der Waals surface area contributed by atoms with Crippen molar-refractivity contribution in [1.82, 2.24) is 10.6 Å². The Morgan fingerprint density at radius 3 is 1.97 bits per heavy atom. The molecule has 0 atom stereocenters. The number of hydrogen-bond donors (Lipinski definition) is 4. The molecule has 0 bridgehead atoms. The molecular formula is C24H27N3O2. The summed E-state index contributed by atoms with van der Waals surface area (Å²) in [4.78, 5) is 12.4. The summed E-state index contributed by atoms with van der Waals surface area (Å²) in [5.74, 6) is -0.284. The molecule has 0 radical (unpaired) electrons. The fourth-order valence-corrected chi connectivity index (χ4v) is 3.06. The van der Waals surface area contributed by atoms with Gasteiger partial charge in [-0.05, 0) is 29.3 Å². The number of para-hydroxylation sites is 2. The zero-order valence-corrected chi connectivity index (χ0v) is 16.4. The summed E-state index contributed by atoms with van der Waals surface area (Å²) in [7, 11) is 0. The molecule has 5 heteroatoms. The highest BCUT2D eigenvalue weighted by molar-refractivity contribution is 6.06. The number of aromatic hydroxyl groups is 1. The predicted molar refractivity (Wildman–Crippen MR) is 117 cm³/mol. The predicted octanol–water partition coefficient (Wildman–Crippen LogP) is 3.41. The monoisotopic (exact) mass is 389 g/mol. The van der Waals surface area contributed by atoms with Crippen LogP contribution in [0.2, 0.25) is 0 Å². The summed E-state index contributed by atoms with van der Waals surface area (Å²) >= 11 is 0. The Morgan fingerprint density at radius 2 is 1.38 bits per heavy atom. The molecule has 1 amide bonds. The lowest BCUT2D eigenvalue weighted by Crippen LogP contribution is -2.39. The van der Waals surface area contributed by atoms with Gasteiger partial charge in [0.05, 0.1) is 5.56 Å². The Kier molecular flexibility index (Phi) is 7.81. The molecule has 150 valence electrons. The topological polar surface area (TPSA) is 73.4 Å². The second-order valence-electron chi connectivity index (χ2n) is 6.80. The van der Waals surface area contributed by atoms with Crippen molar-refractivity contribution >= 4 is 11.6 Å². The lowest BCUT2D eigenvalue weighted by Gasteiger charge is -2.11. The standard InChI is InChI=1S/C20H17NO2.C4H10N2/c22-19-16(14-15-8-3-1-4-9-15)10-7-13-18(19)20(23)21-17-11-5-2-6-12-17;1-2-6-4-3-5-1/h1-13,22H,14H2,(H,21,23);5-6H,1-4H2. The molecule has 0 saturated carbocycles. The van der Waals surface area contributed by atoms with E-state index in [-0.39, 0.29) is 17.2 Å². The minimum atomic E-state index is -0.316. The summed E-state index contributed by atoms with van der Waals surface area (Å²) in [5, 5.41) is 19.7. The summed E-state index contributed by atoms with van der Waals surface area (Å²) in [6.07, 6.45) is 0.582. The second kappa shape index (κ2) is 11.0. The van der Waals surface area contributed by atoms with Crippen LogP contribution in [0.4, 0.5) is 5.69 Å². The molecule has 4 rings (SSSR count). The number of hydrogen-bond acceptors (Lipinski definition) is 4. The fourth-order valence-electron chi connectivity index (χ4n) is 3.06. The summed E-state index contributed by atoms with van der Waals surface area (Å²) in [6.45, 7) is 4.56. The van der Waals surface area contributed by atoms with E-state index in [1.54, 1.807) is 12.1 Å². The van der Waals surface area contributed by atoms with E-state index in [0.29, 0.717) is 12.1 Å². The van der Waals surface area contributed by atoms with Crippen LogP contribution in [0.15, 0.2) is 78.9 Å². The Bertz CT molecular complexity index is 883. The number of anilines is 1. The van der Waals surface area contributed by atoms with Crippen LogP contribution in [0.5, 0.6) is 5.75 Å². The van der Waals surface area contributed by atoms with E-state index >= 15 is 0 Å². The van der Waals surface area contributed by atoms with E-state index in [1.807, 2.05) is 66.7 Å². The zero-order valence-electron chi connectivity index (χ0n) is 16.4. The third kappa shape index (κ3) is 6.45. The van der Waals surface area contributed by atoms with E-state index in [1.165, 1.54) is 0 Å². The number of carbonyl (C=O) groups excluding carboxylic acids is 1. The van der Waals surface area contributed by atoms with Gasteiger partial charge in [0, 0.05) is 38.3 Å². The maximum atomic E-state index is 12.4. The fraction of sp³-hybridized carbons (Fsp3) is 0.208. The van der Waals surface area contributed by atoms with Crippen molar-refractivity contribution in [1.29, 1.82) is 0 Å². The van der Waals surface area contributed by atoms with Crippen LogP contribution >= 0.6 is 0 Å². The number of nitrogens with one attached hydrogen (secondary N) is 3. The SMILES string of the molecule is C1CNCCN1.O=C(Nc1ccccc1)c1cccc(Cc2ccccc2)c1O. The molecule has 4 N–H and O–H groups in total. The Hall–Kier alpha value is -3.15. The van der Waals surface area contributed by atoms with Crippen LogP contribution in [-0.2, 0) is 6.42 Å². The van der Waals surface area contributed by atoms with Gasteiger partial charge in [-0.3, -0.25) is 4.79 Å². The molecule has 5 nitrogen and oxygen atoms in total. The van der Waals surface area contributed by atoms with Gasteiger partial charge in [-0.2, -0.15) is 0 Å². The van der Waals surface area contributed by atoms with Gasteiger partial charge in [-0.15, -0.1) is 0 Å². The minimum Gasteiger partial charge on any atom is -0.507 e. The smallest absolute Gasteiger partial charge is 0.259 e. The van der Waals surface area contributed by atoms with E-state index in [9.17, 15) is 9.90 Å². The Morgan fingerprint density at radius 1 is 0.793 bits per heavy atom. The highest BCUT2D eigenvalue weighted by Crippen LogP contribution is 2.25. The first kappa shape index (κ1) is 20.6. The highest BCUT2D eigenvalue weighted by Gasteiger charge is 2.14. The van der Waals surface area contributed by atoms with Crippen LogP contribution < -0.4 is 16.0 Å².